The summed E-state index contributed by atoms with van der Waals surface area (Å²) in [5.74, 6) is -0.881. The maximum atomic E-state index is 11.9. The molecule has 0 aromatic heterocycles. The number of carbonyl (C=O) groups excluding carboxylic acids is 2. The molecule has 0 saturated carbocycles. The second kappa shape index (κ2) is 13.4. The first kappa shape index (κ1) is 20.7. The molecule has 0 heterocycles. The van der Waals surface area contributed by atoms with Crippen LogP contribution in [0, 0.1) is 5.92 Å². The Hall–Kier alpha value is -1.32. The number of amides is 1. The van der Waals surface area contributed by atoms with Gasteiger partial charge < -0.3 is 4.84 Å². The second-order valence-corrected chi connectivity index (χ2v) is 6.00. The van der Waals surface area contributed by atoms with Crippen molar-refractivity contribution in [3.8, 4) is 0 Å². The highest BCUT2D eigenvalue weighted by molar-refractivity contribution is 5.88. The Morgan fingerprint density at radius 2 is 1.55 bits per heavy atom. The van der Waals surface area contributed by atoms with Crippen molar-refractivity contribution in [1.82, 2.24) is 5.48 Å². The molecular formula is C18H33NO3. The lowest BCUT2D eigenvalue weighted by Crippen LogP contribution is -2.32. The fraction of sp³-hybridized carbons (Fsp3) is 0.778. The molecule has 0 saturated heterocycles. The van der Waals surface area contributed by atoms with Crippen molar-refractivity contribution in [2.45, 2.75) is 85.0 Å². The summed E-state index contributed by atoms with van der Waals surface area (Å²) in [4.78, 5) is 27.8. The van der Waals surface area contributed by atoms with Crippen LogP contribution in [0.15, 0.2) is 12.2 Å². The van der Waals surface area contributed by atoms with Gasteiger partial charge in [-0.15, -0.1) is 0 Å². The second-order valence-electron chi connectivity index (χ2n) is 6.00. The largest absolute Gasteiger partial charge is 0.358 e. The Kier molecular flexibility index (Phi) is 12.5. The van der Waals surface area contributed by atoms with Gasteiger partial charge in [-0.25, -0.2) is 4.79 Å². The number of hydrogen-bond acceptors (Lipinski definition) is 3. The number of unbranched alkanes of at least 4 members (excludes halogenated alkanes) is 7. The first-order chi connectivity index (χ1) is 10.5. The third kappa shape index (κ3) is 10.4. The van der Waals surface area contributed by atoms with Crippen molar-refractivity contribution in [2.75, 3.05) is 0 Å². The van der Waals surface area contributed by atoms with E-state index in [1.807, 2.05) is 6.92 Å². The van der Waals surface area contributed by atoms with Crippen LogP contribution in [0.25, 0.3) is 0 Å². The van der Waals surface area contributed by atoms with Gasteiger partial charge in [-0.05, 0) is 19.8 Å². The minimum Gasteiger partial charge on any atom is -0.336 e. The molecular weight excluding hydrogens is 278 g/mol. The maximum Gasteiger partial charge on any atom is 0.358 e. The van der Waals surface area contributed by atoms with Crippen molar-refractivity contribution in [2.24, 2.45) is 5.92 Å². The third-order valence-corrected chi connectivity index (χ3v) is 3.86. The van der Waals surface area contributed by atoms with E-state index in [-0.39, 0.29) is 17.4 Å². The number of rotatable bonds is 12. The summed E-state index contributed by atoms with van der Waals surface area (Å²) >= 11 is 0. The average molecular weight is 311 g/mol. The van der Waals surface area contributed by atoms with Crippen molar-refractivity contribution in [3.05, 3.63) is 12.2 Å². The Morgan fingerprint density at radius 1 is 1.00 bits per heavy atom. The highest BCUT2D eigenvalue weighted by atomic mass is 16.7. The Morgan fingerprint density at radius 3 is 2.05 bits per heavy atom. The van der Waals surface area contributed by atoms with Crippen molar-refractivity contribution < 1.29 is 14.4 Å². The van der Waals surface area contributed by atoms with E-state index in [2.05, 4.69) is 19.0 Å². The van der Waals surface area contributed by atoms with Gasteiger partial charge >= 0.3 is 5.97 Å². The quantitative estimate of drug-likeness (QED) is 0.323. The van der Waals surface area contributed by atoms with Gasteiger partial charge in [0.25, 0.3) is 5.91 Å². The van der Waals surface area contributed by atoms with Crippen LogP contribution < -0.4 is 5.48 Å². The van der Waals surface area contributed by atoms with Gasteiger partial charge in [-0.2, -0.15) is 5.48 Å². The predicted octanol–water partition coefficient (Wildman–Crippen LogP) is 4.69. The molecule has 0 aromatic carbocycles. The van der Waals surface area contributed by atoms with E-state index < -0.39 is 5.97 Å². The van der Waals surface area contributed by atoms with Crippen LogP contribution in [-0.4, -0.2) is 11.9 Å². The number of nitrogens with one attached hydrogen (secondary N) is 1. The molecule has 0 rings (SSSR count). The van der Waals surface area contributed by atoms with E-state index in [4.69, 9.17) is 4.84 Å². The molecule has 0 aliphatic rings. The summed E-state index contributed by atoms with van der Waals surface area (Å²) in [6.45, 7) is 9.22. The number of carbonyl (C=O) groups is 2. The minimum absolute atomic E-state index is 0.0852. The molecule has 0 radical (unpaired) electrons. The first-order valence-corrected chi connectivity index (χ1v) is 8.69. The van der Waals surface area contributed by atoms with Gasteiger partial charge in [-0.1, -0.05) is 71.8 Å². The first-order valence-electron chi connectivity index (χ1n) is 8.69. The zero-order valence-electron chi connectivity index (χ0n) is 14.6. The molecule has 4 heteroatoms. The molecule has 1 N–H and O–H groups in total. The summed E-state index contributed by atoms with van der Waals surface area (Å²) in [7, 11) is 0. The van der Waals surface area contributed by atoms with Crippen molar-refractivity contribution in [1.29, 1.82) is 0 Å². The monoisotopic (exact) mass is 311 g/mol. The average Bonchev–Trinajstić information content (AvgIpc) is 2.50. The summed E-state index contributed by atoms with van der Waals surface area (Å²) in [5.41, 5.74) is 2.52. The van der Waals surface area contributed by atoms with Crippen molar-refractivity contribution in [3.63, 3.8) is 0 Å². The molecule has 4 nitrogen and oxygen atoms in total. The zero-order valence-corrected chi connectivity index (χ0v) is 14.6. The summed E-state index contributed by atoms with van der Waals surface area (Å²) in [6, 6.07) is 0. The lowest BCUT2D eigenvalue weighted by molar-refractivity contribution is -0.156. The smallest absolute Gasteiger partial charge is 0.336 e. The van der Waals surface area contributed by atoms with E-state index in [1.54, 1.807) is 6.92 Å². The fourth-order valence-corrected chi connectivity index (χ4v) is 2.31. The molecule has 0 aliphatic carbocycles. The van der Waals surface area contributed by atoms with E-state index in [0.717, 1.165) is 19.3 Å². The lowest BCUT2D eigenvalue weighted by Gasteiger charge is -2.14. The van der Waals surface area contributed by atoms with Gasteiger partial charge in [0, 0.05) is 11.5 Å². The molecule has 0 spiro atoms. The number of hydroxylamine groups is 1. The van der Waals surface area contributed by atoms with Crippen LogP contribution in [0.3, 0.4) is 0 Å². The molecule has 0 bridgehead atoms. The molecule has 1 atom stereocenters. The highest BCUT2D eigenvalue weighted by Gasteiger charge is 2.17. The lowest BCUT2D eigenvalue weighted by atomic mass is 9.97. The molecule has 0 fully saturated rings. The maximum absolute atomic E-state index is 11.9. The molecule has 128 valence electrons. The van der Waals surface area contributed by atoms with Crippen LogP contribution in [0.4, 0.5) is 0 Å². The third-order valence-electron chi connectivity index (χ3n) is 3.86. The highest BCUT2D eigenvalue weighted by Crippen LogP contribution is 2.16. The summed E-state index contributed by atoms with van der Waals surface area (Å²) in [6.07, 6.45) is 11.6. The van der Waals surface area contributed by atoms with Gasteiger partial charge in [0.2, 0.25) is 0 Å². The molecule has 0 aliphatic heterocycles. The van der Waals surface area contributed by atoms with Gasteiger partial charge in [0.15, 0.2) is 0 Å². The molecule has 1 unspecified atom stereocenters. The standard InChI is InChI=1S/C18H33NO3/c1-5-7-8-9-10-11-12-13-14-16(6-2)17(20)19-22-18(21)15(3)4/h16H,3,5-14H2,1-2,4H3,(H,19,20). The van der Waals surface area contributed by atoms with E-state index in [0.29, 0.717) is 0 Å². The van der Waals surface area contributed by atoms with E-state index in [1.165, 1.54) is 44.9 Å². The Balaban J connectivity index is 3.75. The molecule has 0 aromatic rings. The number of hydrogen-bond donors (Lipinski definition) is 1. The van der Waals surface area contributed by atoms with Crippen LogP contribution in [0.5, 0.6) is 0 Å². The summed E-state index contributed by atoms with van der Waals surface area (Å²) < 4.78 is 0. The zero-order chi connectivity index (χ0) is 16.8. The van der Waals surface area contributed by atoms with E-state index in [9.17, 15) is 9.59 Å². The van der Waals surface area contributed by atoms with Crippen LogP contribution >= 0.6 is 0 Å². The van der Waals surface area contributed by atoms with Gasteiger partial charge in [-0.3, -0.25) is 4.79 Å². The van der Waals surface area contributed by atoms with Crippen LogP contribution in [0.1, 0.15) is 85.0 Å². The van der Waals surface area contributed by atoms with Gasteiger partial charge in [0.05, 0.1) is 0 Å². The van der Waals surface area contributed by atoms with E-state index >= 15 is 0 Å². The summed E-state index contributed by atoms with van der Waals surface area (Å²) in [5, 5.41) is 0. The SMILES string of the molecule is C=C(C)C(=O)ONC(=O)C(CC)CCCCCCCCCC. The normalized spacial score (nSPS) is 11.8. The Labute approximate surface area is 135 Å². The Bertz CT molecular complexity index is 339. The van der Waals surface area contributed by atoms with Gasteiger partial charge in [0.1, 0.15) is 0 Å². The molecule has 1 amide bonds. The van der Waals surface area contributed by atoms with Crippen molar-refractivity contribution >= 4 is 11.9 Å². The topological polar surface area (TPSA) is 55.4 Å². The predicted molar refractivity (Wildman–Crippen MR) is 90.1 cm³/mol. The van der Waals surface area contributed by atoms with Crippen LogP contribution in [-0.2, 0) is 14.4 Å². The minimum atomic E-state index is -0.588. The fourth-order valence-electron chi connectivity index (χ4n) is 2.31. The van der Waals surface area contributed by atoms with Crippen LogP contribution in [0.2, 0.25) is 0 Å². The molecule has 22 heavy (non-hydrogen) atoms.